The van der Waals surface area contributed by atoms with Crippen LogP contribution < -0.4 is 5.32 Å². The number of benzene rings is 1. The molecule has 3 saturated heterocycles. The van der Waals surface area contributed by atoms with Gasteiger partial charge in [-0.25, -0.2) is 4.98 Å². The molecule has 3 aliphatic heterocycles. The number of rotatable bonds is 5. The zero-order chi connectivity index (χ0) is 22.1. The quantitative estimate of drug-likeness (QED) is 0.576. The number of carbonyl (C=O) groups excluding carboxylic acids is 1. The van der Waals surface area contributed by atoms with Crippen molar-refractivity contribution in [3.8, 4) is 10.6 Å². The molecule has 3 aromatic rings. The molecule has 7 rings (SSSR count). The zero-order valence-electron chi connectivity index (χ0n) is 17.8. The summed E-state index contributed by atoms with van der Waals surface area (Å²) < 4.78 is 2.05. The van der Waals surface area contributed by atoms with E-state index in [4.69, 9.17) is 15.0 Å². The number of hydrogen-bond donors (Lipinski definition) is 2. The van der Waals surface area contributed by atoms with Crippen LogP contribution in [0.3, 0.4) is 0 Å². The Morgan fingerprint density at radius 3 is 2.66 bits per heavy atom. The van der Waals surface area contributed by atoms with Crippen molar-refractivity contribution in [2.75, 3.05) is 19.6 Å². The number of nitrogens with one attached hydrogen (secondary N) is 1. The van der Waals surface area contributed by atoms with E-state index < -0.39 is 0 Å². The van der Waals surface area contributed by atoms with Gasteiger partial charge in [0.1, 0.15) is 5.01 Å². The van der Waals surface area contributed by atoms with Crippen molar-refractivity contribution in [2.45, 2.75) is 38.3 Å². The number of piperidine rings is 3. The molecule has 2 aromatic heterocycles. The van der Waals surface area contributed by atoms with Crippen LogP contribution in [0.25, 0.3) is 21.5 Å². The third kappa shape index (κ3) is 4.27. The second-order valence-electron chi connectivity index (χ2n) is 8.87. The minimum absolute atomic E-state index is 0.0229. The summed E-state index contributed by atoms with van der Waals surface area (Å²) in [5, 5.41) is 18.9. The van der Waals surface area contributed by atoms with Crippen LogP contribution in [0.1, 0.15) is 36.2 Å². The number of hydrogen-bond acceptors (Lipinski definition) is 6. The average Bonchev–Trinajstić information content (AvgIpc) is 3.31. The van der Waals surface area contributed by atoms with Crippen molar-refractivity contribution >= 4 is 34.6 Å². The Morgan fingerprint density at radius 1 is 1.25 bits per heavy atom. The van der Waals surface area contributed by atoms with Crippen molar-refractivity contribution < 1.29 is 14.7 Å². The van der Waals surface area contributed by atoms with E-state index in [0.717, 1.165) is 34.6 Å². The van der Waals surface area contributed by atoms with Gasteiger partial charge in [0.2, 0.25) is 0 Å². The lowest BCUT2D eigenvalue weighted by molar-refractivity contribution is -0.122. The summed E-state index contributed by atoms with van der Waals surface area (Å²) in [5.74, 6) is 1.28. The van der Waals surface area contributed by atoms with Crippen molar-refractivity contribution in [3.63, 3.8) is 0 Å². The highest BCUT2D eigenvalue weighted by molar-refractivity contribution is 7.13. The van der Waals surface area contributed by atoms with Crippen molar-refractivity contribution in [1.82, 2.24) is 25.0 Å². The van der Waals surface area contributed by atoms with E-state index in [-0.39, 0.29) is 18.4 Å². The molecule has 5 heterocycles. The van der Waals surface area contributed by atoms with Crippen LogP contribution in [0.5, 0.6) is 0 Å². The molecule has 2 N–H and O–H groups in total. The van der Waals surface area contributed by atoms with Crippen molar-refractivity contribution in [2.24, 2.45) is 11.8 Å². The first-order chi connectivity index (χ1) is 15.7. The highest BCUT2D eigenvalue weighted by Gasteiger charge is 2.35. The Morgan fingerprint density at radius 2 is 2.03 bits per heavy atom. The predicted molar refractivity (Wildman–Crippen MR) is 123 cm³/mol. The molecule has 8 nitrogen and oxygen atoms in total. The molecular weight excluding hydrogens is 426 g/mol. The maximum Gasteiger partial charge on any atom is 0.290 e. The Balaban J connectivity index is 0.000000684. The van der Waals surface area contributed by atoms with Crippen molar-refractivity contribution in [3.05, 3.63) is 35.5 Å². The fourth-order valence-corrected chi connectivity index (χ4v) is 5.53. The number of fused-ring (bicyclic) bond motifs is 4. The van der Waals surface area contributed by atoms with Gasteiger partial charge in [0.25, 0.3) is 12.4 Å². The van der Waals surface area contributed by atoms with Crippen LogP contribution in [0.15, 0.2) is 29.8 Å². The predicted octanol–water partition coefficient (Wildman–Crippen LogP) is 3.09. The van der Waals surface area contributed by atoms with Gasteiger partial charge in [-0.3, -0.25) is 14.3 Å². The van der Waals surface area contributed by atoms with Crippen LogP contribution in [0.4, 0.5) is 0 Å². The second-order valence-corrected chi connectivity index (χ2v) is 9.76. The maximum atomic E-state index is 13.2. The standard InChI is InChI=1S/C22H25N5OS.CH2O2/c28-21(24-18-13-26-8-5-15(18)6-9-26)20-17-4-3-16(22-23-7-10-29-22)11-19(17)27(25-20)12-14-1-2-14;2-1-3/h3-4,7,10-11,14-15,18H,1-2,5-6,8-9,12-13H2,(H,24,28);1H,(H,2,3)/t18-;/m1./s1. The fourth-order valence-electron chi connectivity index (χ4n) is 4.89. The number of carboxylic acid groups (broad SMARTS) is 1. The van der Waals surface area contributed by atoms with E-state index in [0.29, 0.717) is 17.5 Å². The van der Waals surface area contributed by atoms with E-state index in [2.05, 4.69) is 32.0 Å². The minimum Gasteiger partial charge on any atom is -0.483 e. The highest BCUT2D eigenvalue weighted by atomic mass is 32.1. The first-order valence-electron chi connectivity index (χ1n) is 11.2. The molecule has 4 fully saturated rings. The molecule has 32 heavy (non-hydrogen) atoms. The Kier molecular flexibility index (Phi) is 5.93. The van der Waals surface area contributed by atoms with Crippen LogP contribution in [0, 0.1) is 11.8 Å². The van der Waals surface area contributed by atoms with E-state index >= 15 is 0 Å². The third-order valence-electron chi connectivity index (χ3n) is 6.75. The number of thiazole rings is 1. The van der Waals surface area contributed by atoms with Gasteiger partial charge in [-0.05, 0) is 62.7 Å². The van der Waals surface area contributed by atoms with E-state index in [1.807, 2.05) is 17.6 Å². The van der Waals surface area contributed by atoms with Gasteiger partial charge in [-0.15, -0.1) is 11.3 Å². The summed E-state index contributed by atoms with van der Waals surface area (Å²) in [6.45, 7) is 3.97. The second kappa shape index (κ2) is 8.99. The average molecular weight is 454 g/mol. The van der Waals surface area contributed by atoms with Gasteiger partial charge >= 0.3 is 0 Å². The molecule has 9 heteroatoms. The molecule has 168 valence electrons. The molecule has 0 spiro atoms. The van der Waals surface area contributed by atoms with E-state index in [1.54, 1.807) is 11.3 Å². The van der Waals surface area contributed by atoms with Crippen molar-refractivity contribution in [1.29, 1.82) is 0 Å². The molecule has 0 unspecified atom stereocenters. The largest absolute Gasteiger partial charge is 0.483 e. The topological polar surface area (TPSA) is 100 Å². The van der Waals surface area contributed by atoms with Crippen LogP contribution in [-0.4, -0.2) is 62.8 Å². The monoisotopic (exact) mass is 453 g/mol. The van der Waals surface area contributed by atoms with Crippen LogP contribution in [0.2, 0.25) is 0 Å². The van der Waals surface area contributed by atoms with Gasteiger partial charge < -0.3 is 15.3 Å². The molecule has 1 aliphatic carbocycles. The van der Waals surface area contributed by atoms with Crippen LogP contribution in [-0.2, 0) is 11.3 Å². The minimum atomic E-state index is -0.250. The molecule has 1 saturated carbocycles. The summed E-state index contributed by atoms with van der Waals surface area (Å²) in [6, 6.07) is 6.51. The van der Waals surface area contributed by atoms with Gasteiger partial charge in [-0.1, -0.05) is 6.07 Å². The lowest BCUT2D eigenvalue weighted by Gasteiger charge is -2.44. The normalized spacial score (nSPS) is 24.1. The number of nitrogens with zero attached hydrogens (tertiary/aromatic N) is 4. The molecule has 2 bridgehead atoms. The molecule has 1 amide bonds. The Hall–Kier alpha value is -2.78. The van der Waals surface area contributed by atoms with E-state index in [9.17, 15) is 4.79 Å². The number of amides is 1. The summed E-state index contributed by atoms with van der Waals surface area (Å²) >= 11 is 1.64. The van der Waals surface area contributed by atoms with Crippen LogP contribution >= 0.6 is 11.3 Å². The molecule has 1 aromatic carbocycles. The van der Waals surface area contributed by atoms with Gasteiger partial charge in [0.05, 0.1) is 5.52 Å². The van der Waals surface area contributed by atoms with E-state index in [1.165, 1.54) is 38.8 Å². The van der Waals surface area contributed by atoms with Gasteiger partial charge in [0.15, 0.2) is 5.69 Å². The first-order valence-corrected chi connectivity index (χ1v) is 12.1. The molecule has 1 atom stereocenters. The summed E-state index contributed by atoms with van der Waals surface area (Å²) in [5.41, 5.74) is 2.71. The highest BCUT2D eigenvalue weighted by Crippen LogP contribution is 2.34. The Bertz CT molecular complexity index is 1100. The summed E-state index contributed by atoms with van der Waals surface area (Å²) in [7, 11) is 0. The summed E-state index contributed by atoms with van der Waals surface area (Å²) in [6.07, 6.45) is 6.74. The molecule has 4 aliphatic rings. The lowest BCUT2D eigenvalue weighted by Crippen LogP contribution is -2.57. The lowest BCUT2D eigenvalue weighted by atomic mass is 9.84. The summed E-state index contributed by atoms with van der Waals surface area (Å²) in [4.78, 5) is 28.5. The van der Waals surface area contributed by atoms with Gasteiger partial charge in [-0.2, -0.15) is 5.10 Å². The maximum absolute atomic E-state index is 13.2. The number of aromatic nitrogens is 3. The number of carbonyl (C=O) groups is 2. The SMILES string of the molecule is O=C(N[C@@H]1CN2CCC1CC2)c1nn(CC2CC2)c2cc(-c3nccs3)ccc12.O=CO. The third-order valence-corrected chi connectivity index (χ3v) is 7.57. The molecular formula is C23H27N5O3S. The fraction of sp³-hybridized carbons (Fsp3) is 0.478. The molecule has 0 radical (unpaired) electrons. The van der Waals surface area contributed by atoms with Gasteiger partial charge in [0, 0.05) is 41.7 Å². The first kappa shape index (κ1) is 21.1. The zero-order valence-corrected chi connectivity index (χ0v) is 18.6. The smallest absolute Gasteiger partial charge is 0.290 e. The Labute approximate surface area is 190 Å².